The molecule has 1 amide bonds. The standard InChI is InChI=1S/C8H12N4O2/c1-5-10-7(11-14-5)4-12-3-2-6(9)8(12)13/h6H,2-4,9H2,1H3. The Bertz CT molecular complexity index is 349. The third-order valence-corrected chi connectivity index (χ3v) is 2.24. The van der Waals surface area contributed by atoms with E-state index in [0.29, 0.717) is 31.2 Å². The van der Waals surface area contributed by atoms with Crippen molar-refractivity contribution in [3.8, 4) is 0 Å². The predicted molar refractivity (Wildman–Crippen MR) is 47.0 cm³/mol. The Labute approximate surface area is 81.1 Å². The summed E-state index contributed by atoms with van der Waals surface area (Å²) in [6.45, 7) is 2.78. The van der Waals surface area contributed by atoms with Crippen LogP contribution in [0, 0.1) is 6.92 Å². The molecule has 1 atom stereocenters. The van der Waals surface area contributed by atoms with Gasteiger partial charge in [-0.15, -0.1) is 0 Å². The number of rotatable bonds is 2. The third kappa shape index (κ3) is 1.60. The fourth-order valence-electron chi connectivity index (χ4n) is 1.50. The van der Waals surface area contributed by atoms with Crippen molar-refractivity contribution in [1.82, 2.24) is 15.0 Å². The molecule has 0 aromatic carbocycles. The summed E-state index contributed by atoms with van der Waals surface area (Å²) < 4.78 is 4.81. The van der Waals surface area contributed by atoms with Gasteiger partial charge in [0.2, 0.25) is 11.8 Å². The topological polar surface area (TPSA) is 85.3 Å². The molecule has 0 bridgehead atoms. The number of nitrogens with two attached hydrogens (primary N) is 1. The number of aryl methyl sites for hydroxylation is 1. The molecule has 0 spiro atoms. The molecular weight excluding hydrogens is 184 g/mol. The minimum absolute atomic E-state index is 0.0348. The van der Waals surface area contributed by atoms with E-state index >= 15 is 0 Å². The molecule has 0 saturated carbocycles. The van der Waals surface area contributed by atoms with E-state index in [-0.39, 0.29) is 11.9 Å². The number of aromatic nitrogens is 2. The molecule has 0 aliphatic carbocycles. The van der Waals surface area contributed by atoms with E-state index in [4.69, 9.17) is 10.3 Å². The van der Waals surface area contributed by atoms with Crippen LogP contribution < -0.4 is 5.73 Å². The van der Waals surface area contributed by atoms with Crippen molar-refractivity contribution < 1.29 is 9.32 Å². The van der Waals surface area contributed by atoms with Crippen LogP contribution in [-0.2, 0) is 11.3 Å². The number of hydrogen-bond donors (Lipinski definition) is 1. The Morgan fingerprint density at radius 2 is 2.50 bits per heavy atom. The number of carbonyl (C=O) groups is 1. The Hall–Kier alpha value is -1.43. The van der Waals surface area contributed by atoms with Gasteiger partial charge < -0.3 is 15.2 Å². The average molecular weight is 196 g/mol. The first-order valence-electron chi connectivity index (χ1n) is 4.50. The highest BCUT2D eigenvalue weighted by atomic mass is 16.5. The van der Waals surface area contributed by atoms with Gasteiger partial charge in [-0.25, -0.2) is 0 Å². The van der Waals surface area contributed by atoms with Gasteiger partial charge in [0.15, 0.2) is 5.82 Å². The molecule has 6 heteroatoms. The largest absolute Gasteiger partial charge is 0.340 e. The third-order valence-electron chi connectivity index (χ3n) is 2.24. The van der Waals surface area contributed by atoms with Gasteiger partial charge in [-0.3, -0.25) is 4.79 Å². The molecule has 76 valence electrons. The van der Waals surface area contributed by atoms with Crippen LogP contribution in [0.1, 0.15) is 18.1 Å². The molecule has 1 saturated heterocycles. The van der Waals surface area contributed by atoms with E-state index < -0.39 is 0 Å². The monoisotopic (exact) mass is 196 g/mol. The summed E-state index contributed by atoms with van der Waals surface area (Å²) in [5.74, 6) is 1.01. The minimum Gasteiger partial charge on any atom is -0.340 e. The maximum atomic E-state index is 11.4. The van der Waals surface area contributed by atoms with Crippen molar-refractivity contribution in [1.29, 1.82) is 0 Å². The summed E-state index contributed by atoms with van der Waals surface area (Å²) in [5, 5.41) is 3.72. The first-order chi connectivity index (χ1) is 6.66. The van der Waals surface area contributed by atoms with Gasteiger partial charge >= 0.3 is 0 Å². The molecule has 6 nitrogen and oxygen atoms in total. The van der Waals surface area contributed by atoms with E-state index in [2.05, 4.69) is 10.1 Å². The van der Waals surface area contributed by atoms with Crippen molar-refractivity contribution in [3.05, 3.63) is 11.7 Å². The number of amides is 1. The molecule has 2 heterocycles. The lowest BCUT2D eigenvalue weighted by Crippen LogP contribution is -2.33. The maximum Gasteiger partial charge on any atom is 0.239 e. The van der Waals surface area contributed by atoms with Crippen molar-refractivity contribution in [2.75, 3.05) is 6.54 Å². The van der Waals surface area contributed by atoms with Gasteiger partial charge in [-0.2, -0.15) is 4.98 Å². The highest BCUT2D eigenvalue weighted by Crippen LogP contribution is 2.11. The van der Waals surface area contributed by atoms with Gasteiger partial charge in [-0.1, -0.05) is 5.16 Å². The molecule has 1 aliphatic rings. The summed E-state index contributed by atoms with van der Waals surface area (Å²) in [4.78, 5) is 17.1. The fraction of sp³-hybridized carbons (Fsp3) is 0.625. The van der Waals surface area contributed by atoms with Gasteiger partial charge in [-0.05, 0) is 6.42 Å². The van der Waals surface area contributed by atoms with Crippen LogP contribution in [0.15, 0.2) is 4.52 Å². The Balaban J connectivity index is 2.02. The van der Waals surface area contributed by atoms with Crippen LogP contribution in [0.25, 0.3) is 0 Å². The lowest BCUT2D eigenvalue weighted by Gasteiger charge is -2.12. The number of likely N-dealkylation sites (tertiary alicyclic amines) is 1. The molecule has 0 radical (unpaired) electrons. The highest BCUT2D eigenvalue weighted by molar-refractivity contribution is 5.83. The quantitative estimate of drug-likeness (QED) is 0.685. The minimum atomic E-state index is -0.358. The van der Waals surface area contributed by atoms with Crippen LogP contribution in [0.3, 0.4) is 0 Å². The smallest absolute Gasteiger partial charge is 0.239 e. The summed E-state index contributed by atoms with van der Waals surface area (Å²) in [7, 11) is 0. The van der Waals surface area contributed by atoms with Crippen LogP contribution in [0.4, 0.5) is 0 Å². The van der Waals surface area contributed by atoms with Crippen molar-refractivity contribution in [3.63, 3.8) is 0 Å². The average Bonchev–Trinajstić information content (AvgIpc) is 2.67. The highest BCUT2D eigenvalue weighted by Gasteiger charge is 2.29. The maximum absolute atomic E-state index is 11.4. The number of nitrogens with zero attached hydrogens (tertiary/aromatic N) is 3. The second-order valence-electron chi connectivity index (χ2n) is 3.38. The molecule has 1 fully saturated rings. The van der Waals surface area contributed by atoms with E-state index in [1.165, 1.54) is 0 Å². The van der Waals surface area contributed by atoms with Crippen LogP contribution in [-0.4, -0.2) is 33.5 Å². The van der Waals surface area contributed by atoms with Crippen molar-refractivity contribution in [2.45, 2.75) is 25.9 Å². The lowest BCUT2D eigenvalue weighted by atomic mass is 10.3. The van der Waals surface area contributed by atoms with E-state index in [1.54, 1.807) is 11.8 Å². The Morgan fingerprint density at radius 1 is 1.71 bits per heavy atom. The summed E-state index contributed by atoms with van der Waals surface area (Å²) >= 11 is 0. The SMILES string of the molecule is Cc1nc(CN2CCC(N)C2=O)no1. The Kier molecular flexibility index (Phi) is 2.20. The van der Waals surface area contributed by atoms with Crippen LogP contribution in [0.5, 0.6) is 0 Å². The zero-order valence-corrected chi connectivity index (χ0v) is 7.93. The molecule has 1 aromatic heterocycles. The van der Waals surface area contributed by atoms with Crippen LogP contribution >= 0.6 is 0 Å². The molecule has 1 aliphatic heterocycles. The number of carbonyl (C=O) groups excluding carboxylic acids is 1. The van der Waals surface area contributed by atoms with E-state index in [0.717, 1.165) is 0 Å². The second kappa shape index (κ2) is 3.38. The molecule has 1 aromatic rings. The van der Waals surface area contributed by atoms with Gasteiger partial charge in [0.1, 0.15) is 0 Å². The first kappa shape index (κ1) is 9.14. The fourth-order valence-corrected chi connectivity index (χ4v) is 1.50. The zero-order chi connectivity index (χ0) is 10.1. The summed E-state index contributed by atoms with van der Waals surface area (Å²) in [5.41, 5.74) is 5.57. The number of hydrogen-bond acceptors (Lipinski definition) is 5. The van der Waals surface area contributed by atoms with Gasteiger partial charge in [0, 0.05) is 13.5 Å². The Morgan fingerprint density at radius 3 is 3.00 bits per heavy atom. The summed E-state index contributed by atoms with van der Waals surface area (Å²) in [6.07, 6.45) is 0.704. The molecule has 14 heavy (non-hydrogen) atoms. The zero-order valence-electron chi connectivity index (χ0n) is 7.93. The van der Waals surface area contributed by atoms with Crippen molar-refractivity contribution in [2.24, 2.45) is 5.73 Å². The lowest BCUT2D eigenvalue weighted by molar-refractivity contribution is -0.129. The second-order valence-corrected chi connectivity index (χ2v) is 3.38. The van der Waals surface area contributed by atoms with Gasteiger partial charge in [0.25, 0.3) is 0 Å². The van der Waals surface area contributed by atoms with E-state index in [1.807, 2.05) is 0 Å². The normalized spacial score (nSPS) is 22.0. The van der Waals surface area contributed by atoms with Gasteiger partial charge in [0.05, 0.1) is 12.6 Å². The summed E-state index contributed by atoms with van der Waals surface area (Å²) in [6, 6.07) is -0.358. The molecule has 1 unspecified atom stereocenters. The van der Waals surface area contributed by atoms with Crippen LogP contribution in [0.2, 0.25) is 0 Å². The van der Waals surface area contributed by atoms with Crippen molar-refractivity contribution >= 4 is 5.91 Å². The van der Waals surface area contributed by atoms with E-state index in [9.17, 15) is 4.79 Å². The predicted octanol–water partition coefficient (Wildman–Crippen LogP) is -0.562. The first-order valence-corrected chi connectivity index (χ1v) is 4.50. The molecule has 2 N–H and O–H groups in total. The molecular formula is C8H12N4O2. The molecule has 2 rings (SSSR count).